The molecule has 2 N–H and O–H groups in total. The molecule has 0 amide bonds. The Morgan fingerprint density at radius 1 is 1.13 bits per heavy atom. The molecule has 0 saturated heterocycles. The molecule has 5 nitrogen and oxygen atoms in total. The number of hydrogen-bond donors (Lipinski definition) is 2. The maximum atomic E-state index is 8.29. The molecule has 0 aliphatic rings. The van der Waals surface area contributed by atoms with Crippen LogP contribution in [0.3, 0.4) is 0 Å². The average molecular weight is 258 g/mol. The summed E-state index contributed by atoms with van der Waals surface area (Å²) in [6, 6.07) is 0. The molecule has 0 aliphatic heterocycles. The van der Waals surface area contributed by atoms with Crippen LogP contribution in [-0.2, 0) is 33.2 Å². The van der Waals surface area contributed by atoms with E-state index in [1.807, 2.05) is 0 Å². The molecule has 0 aromatic heterocycles. The van der Waals surface area contributed by atoms with Crippen molar-refractivity contribution in [1.29, 1.82) is 0 Å². The Hall–Kier alpha value is 0.354. The van der Waals surface area contributed by atoms with Gasteiger partial charge in [-0.2, -0.15) is 0 Å². The first kappa shape index (κ1) is 20.7. The molecule has 0 saturated carbocycles. The van der Waals surface area contributed by atoms with E-state index in [1.54, 1.807) is 0 Å². The van der Waals surface area contributed by atoms with Gasteiger partial charge < -0.3 is 19.7 Å². The summed E-state index contributed by atoms with van der Waals surface area (Å²) >= 11 is 0.750. The second-order valence-electron chi connectivity index (χ2n) is 2.56. The van der Waals surface area contributed by atoms with Crippen molar-refractivity contribution >= 4 is 0 Å². The number of unbranched alkanes of at least 4 members (excludes halogenated alkanes) is 3. The summed E-state index contributed by atoms with van der Waals surface area (Å²) in [5.41, 5.74) is 0. The van der Waals surface area contributed by atoms with Gasteiger partial charge in [-0.25, -0.2) is 0 Å². The van der Waals surface area contributed by atoms with Gasteiger partial charge in [0.15, 0.2) is 0 Å². The first-order chi connectivity index (χ1) is 7.22. The minimum atomic E-state index is -1.06. The fourth-order valence-corrected chi connectivity index (χ4v) is 0.635. The van der Waals surface area contributed by atoms with Gasteiger partial charge in [-0.1, -0.05) is 26.2 Å². The van der Waals surface area contributed by atoms with E-state index in [9.17, 15) is 0 Å². The zero-order valence-corrected chi connectivity index (χ0v) is 11.3. The fourth-order valence-electron chi connectivity index (χ4n) is 0.635. The predicted octanol–water partition coefficient (Wildman–Crippen LogP) is 0.993. The number of aliphatic hydroxyl groups is 2. The van der Waals surface area contributed by atoms with Crippen molar-refractivity contribution in [2.75, 3.05) is 20.8 Å². The molecule has 0 aromatic carbocycles. The topological polar surface area (TPSA) is 76.0 Å². The van der Waals surface area contributed by atoms with Gasteiger partial charge in [0.05, 0.1) is 0 Å². The summed E-state index contributed by atoms with van der Waals surface area (Å²) < 4.78 is 16.7. The summed E-state index contributed by atoms with van der Waals surface area (Å²) in [5.74, 6) is 0. The van der Waals surface area contributed by atoms with Gasteiger partial charge in [0.1, 0.15) is 0 Å². The van der Waals surface area contributed by atoms with Crippen LogP contribution in [0.15, 0.2) is 0 Å². The van der Waals surface area contributed by atoms with Crippen LogP contribution in [0.25, 0.3) is 0 Å². The van der Waals surface area contributed by atoms with Crippen molar-refractivity contribution in [2.24, 2.45) is 0 Å². The van der Waals surface area contributed by atoms with Crippen molar-refractivity contribution in [3.05, 3.63) is 0 Å². The van der Waals surface area contributed by atoms with Crippen LogP contribution in [0.1, 0.15) is 32.6 Å². The average Bonchev–Trinajstić information content (AvgIpc) is 2.32. The molecule has 15 heavy (non-hydrogen) atoms. The third-order valence-corrected chi connectivity index (χ3v) is 1.41. The number of ether oxygens (including phenoxy) is 2. The Morgan fingerprint density at radius 3 is 1.80 bits per heavy atom. The second kappa shape index (κ2) is 23.9. The van der Waals surface area contributed by atoms with Crippen molar-refractivity contribution in [3.8, 4) is 0 Å². The second-order valence-corrected chi connectivity index (χ2v) is 2.56. The zero-order valence-electron chi connectivity index (χ0n) is 9.73. The van der Waals surface area contributed by atoms with E-state index < -0.39 is 6.48 Å². The van der Waals surface area contributed by atoms with Crippen LogP contribution < -0.4 is 0 Å². The first-order valence-electron chi connectivity index (χ1n) is 4.77. The van der Waals surface area contributed by atoms with Crippen LogP contribution in [0.4, 0.5) is 0 Å². The molecule has 0 fully saturated rings. The maximum absolute atomic E-state index is 8.29. The summed E-state index contributed by atoms with van der Waals surface area (Å²) in [7, 11) is 2.71. The Morgan fingerprint density at radius 2 is 1.60 bits per heavy atom. The van der Waals surface area contributed by atoms with Crippen molar-refractivity contribution in [1.82, 2.24) is 0 Å². The number of hydrogen-bond acceptors (Lipinski definition) is 5. The summed E-state index contributed by atoms with van der Waals surface area (Å²) in [6.45, 7) is 1.46. The number of rotatable bonds is 6. The molecule has 0 radical (unpaired) electrons. The standard InChI is InChI=1S/C6H14O.C3H8O3.O.Ti/c1-2-3-4-5-6-7;1-5-3(4)6-2;;/h7H,2-6H2,1H3;3-4H,1-2H3;;. The zero-order chi connectivity index (χ0) is 12.5. The van der Waals surface area contributed by atoms with E-state index in [4.69, 9.17) is 13.5 Å². The van der Waals surface area contributed by atoms with Crippen LogP contribution >= 0.6 is 0 Å². The normalized spacial score (nSPS) is 8.60. The Bertz CT molecular complexity index is 86.6. The van der Waals surface area contributed by atoms with E-state index in [1.165, 1.54) is 33.5 Å². The molecule has 0 atom stereocenters. The third kappa shape index (κ3) is 31.4. The van der Waals surface area contributed by atoms with Gasteiger partial charge in [0.25, 0.3) is 6.48 Å². The molecule has 0 aliphatic carbocycles. The van der Waals surface area contributed by atoms with E-state index >= 15 is 0 Å². The summed E-state index contributed by atoms with van der Waals surface area (Å²) in [5, 5.41) is 16.5. The molecule has 6 heteroatoms. The van der Waals surface area contributed by atoms with Crippen LogP contribution in [0, 0.1) is 0 Å². The van der Waals surface area contributed by atoms with Gasteiger partial charge >= 0.3 is 23.7 Å². The summed E-state index contributed by atoms with van der Waals surface area (Å²) in [4.78, 5) is 0. The fraction of sp³-hybridized carbons (Fsp3) is 1.00. The monoisotopic (exact) mass is 258 g/mol. The quantitative estimate of drug-likeness (QED) is 0.422. The van der Waals surface area contributed by atoms with Gasteiger partial charge in [-0.15, -0.1) is 0 Å². The molecular formula is C9H22O5Ti. The van der Waals surface area contributed by atoms with Gasteiger partial charge in [-0.05, 0) is 6.42 Å². The Balaban J connectivity index is -0.000000166. The molecule has 0 heterocycles. The molecule has 0 spiro atoms. The van der Waals surface area contributed by atoms with Gasteiger partial charge in [0, 0.05) is 20.8 Å². The Kier molecular flexibility index (Phi) is 33.0. The van der Waals surface area contributed by atoms with E-state index in [0.717, 1.165) is 26.8 Å². The number of methoxy groups -OCH3 is 2. The van der Waals surface area contributed by atoms with E-state index in [0.29, 0.717) is 6.61 Å². The predicted molar refractivity (Wildman–Crippen MR) is 51.9 cm³/mol. The van der Waals surface area contributed by atoms with Crippen molar-refractivity contribution < 1.29 is 43.4 Å². The molecule has 0 unspecified atom stereocenters. The van der Waals surface area contributed by atoms with E-state index in [2.05, 4.69) is 16.4 Å². The van der Waals surface area contributed by atoms with E-state index in [-0.39, 0.29) is 0 Å². The molecule has 92 valence electrons. The SMILES string of the molecule is CCCCCCO.COC(O)OC.[O]=[Ti]. The third-order valence-electron chi connectivity index (χ3n) is 1.41. The van der Waals surface area contributed by atoms with Crippen LogP contribution in [-0.4, -0.2) is 37.5 Å². The molecule has 0 bridgehead atoms. The van der Waals surface area contributed by atoms with Gasteiger partial charge in [-0.3, -0.25) is 0 Å². The van der Waals surface area contributed by atoms with Crippen molar-refractivity contribution in [3.63, 3.8) is 0 Å². The Labute approximate surface area is 104 Å². The van der Waals surface area contributed by atoms with Crippen molar-refractivity contribution in [2.45, 2.75) is 39.1 Å². The molecule has 0 rings (SSSR count). The van der Waals surface area contributed by atoms with Gasteiger partial charge in [0.2, 0.25) is 0 Å². The summed E-state index contributed by atoms with van der Waals surface area (Å²) in [6.07, 6.45) is 4.68. The van der Waals surface area contributed by atoms with Crippen LogP contribution in [0.2, 0.25) is 0 Å². The van der Waals surface area contributed by atoms with Crippen LogP contribution in [0.5, 0.6) is 0 Å². The minimum absolute atomic E-state index is 0.361. The first-order valence-corrected chi connectivity index (χ1v) is 5.41. The molecular weight excluding hydrogens is 236 g/mol. The number of aliphatic hydroxyl groups excluding tert-OH is 2. The molecule has 0 aromatic rings.